The molecular weight excluding hydrogens is 327 g/mol. The number of aliphatic hydroxyl groups excluding tert-OH is 1. The molecule has 0 bridgehead atoms. The third kappa shape index (κ3) is 4.98. The van der Waals surface area contributed by atoms with Crippen LogP contribution in [0.4, 0.5) is 9.18 Å². The minimum atomic E-state index is -0.991. The fourth-order valence-electron chi connectivity index (χ4n) is 1.84. The van der Waals surface area contributed by atoms with Crippen LogP contribution in [0.3, 0.4) is 0 Å². The predicted molar refractivity (Wildman–Crippen MR) is 85.8 cm³/mol. The number of benzene rings is 1. The SMILES string of the molecule is O=C(NCCc1ccsc1)NCC(O)c1ccc(Cl)c(F)c1. The van der Waals surface area contributed by atoms with Gasteiger partial charge in [0.15, 0.2) is 0 Å². The molecule has 2 rings (SSSR count). The number of carbonyl (C=O) groups is 1. The van der Waals surface area contributed by atoms with E-state index in [-0.39, 0.29) is 17.6 Å². The first-order valence-corrected chi connectivity index (χ1v) is 8.04. The van der Waals surface area contributed by atoms with Crippen molar-refractivity contribution in [2.24, 2.45) is 0 Å². The standard InChI is InChI=1S/C15H16ClFN2O2S/c16-12-2-1-11(7-13(12)17)14(20)8-19-15(21)18-5-3-10-4-6-22-9-10/h1-2,4,6-7,9,14,20H,3,5,8H2,(H2,18,19,21). The van der Waals surface area contributed by atoms with Crippen molar-refractivity contribution < 1.29 is 14.3 Å². The third-order valence-electron chi connectivity index (χ3n) is 3.06. The maximum atomic E-state index is 13.3. The van der Waals surface area contributed by atoms with Crippen molar-refractivity contribution in [3.05, 3.63) is 57.0 Å². The number of hydrogen-bond acceptors (Lipinski definition) is 3. The summed E-state index contributed by atoms with van der Waals surface area (Å²) in [7, 11) is 0. The Morgan fingerprint density at radius 3 is 2.86 bits per heavy atom. The van der Waals surface area contributed by atoms with Crippen LogP contribution in [0.5, 0.6) is 0 Å². The van der Waals surface area contributed by atoms with Gasteiger partial charge >= 0.3 is 6.03 Å². The highest BCUT2D eigenvalue weighted by Gasteiger charge is 2.11. The molecule has 2 amide bonds. The van der Waals surface area contributed by atoms with Crippen molar-refractivity contribution in [2.75, 3.05) is 13.1 Å². The summed E-state index contributed by atoms with van der Waals surface area (Å²) in [5.74, 6) is -0.599. The minimum Gasteiger partial charge on any atom is -0.387 e. The van der Waals surface area contributed by atoms with Gasteiger partial charge in [0, 0.05) is 13.1 Å². The minimum absolute atomic E-state index is 0.00455. The Hall–Kier alpha value is -1.63. The molecule has 0 radical (unpaired) electrons. The molecular formula is C15H16ClFN2O2S. The number of aliphatic hydroxyl groups is 1. The molecule has 0 aliphatic heterocycles. The fraction of sp³-hybridized carbons (Fsp3) is 0.267. The Morgan fingerprint density at radius 2 is 2.18 bits per heavy atom. The third-order valence-corrected chi connectivity index (χ3v) is 4.10. The monoisotopic (exact) mass is 342 g/mol. The fourth-order valence-corrected chi connectivity index (χ4v) is 2.67. The van der Waals surface area contributed by atoms with E-state index in [1.807, 2.05) is 16.8 Å². The second-order valence-corrected chi connectivity index (χ2v) is 5.89. The van der Waals surface area contributed by atoms with Crippen LogP contribution in [0.1, 0.15) is 17.2 Å². The van der Waals surface area contributed by atoms with Crippen molar-refractivity contribution in [3.8, 4) is 0 Å². The molecule has 0 spiro atoms. The lowest BCUT2D eigenvalue weighted by atomic mass is 10.1. The second kappa shape index (κ2) is 8.12. The van der Waals surface area contributed by atoms with Gasteiger partial charge in [-0.2, -0.15) is 11.3 Å². The van der Waals surface area contributed by atoms with Gasteiger partial charge in [0.05, 0.1) is 11.1 Å². The van der Waals surface area contributed by atoms with Crippen molar-refractivity contribution >= 4 is 29.0 Å². The second-order valence-electron chi connectivity index (χ2n) is 4.71. The molecule has 4 nitrogen and oxygen atoms in total. The molecule has 1 unspecified atom stereocenters. The van der Waals surface area contributed by atoms with E-state index in [2.05, 4.69) is 10.6 Å². The van der Waals surface area contributed by atoms with E-state index in [0.717, 1.165) is 12.5 Å². The van der Waals surface area contributed by atoms with Gasteiger partial charge in [-0.05, 0) is 46.5 Å². The Balaban J connectivity index is 1.72. The summed E-state index contributed by atoms with van der Waals surface area (Å²) >= 11 is 7.19. The molecule has 118 valence electrons. The highest BCUT2D eigenvalue weighted by atomic mass is 35.5. The molecule has 1 aromatic heterocycles. The number of carbonyl (C=O) groups excluding carboxylic acids is 1. The van der Waals surface area contributed by atoms with Crippen LogP contribution in [-0.2, 0) is 6.42 Å². The lowest BCUT2D eigenvalue weighted by Gasteiger charge is -2.13. The van der Waals surface area contributed by atoms with E-state index in [9.17, 15) is 14.3 Å². The maximum absolute atomic E-state index is 13.3. The maximum Gasteiger partial charge on any atom is 0.314 e. The average molecular weight is 343 g/mol. The highest BCUT2D eigenvalue weighted by Crippen LogP contribution is 2.19. The summed E-state index contributed by atoms with van der Waals surface area (Å²) in [6.07, 6.45) is -0.239. The molecule has 1 heterocycles. The molecule has 1 aromatic carbocycles. The number of thiophene rings is 1. The molecule has 3 N–H and O–H groups in total. The lowest BCUT2D eigenvalue weighted by Crippen LogP contribution is -2.38. The zero-order valence-electron chi connectivity index (χ0n) is 11.7. The van der Waals surface area contributed by atoms with Crippen LogP contribution >= 0.6 is 22.9 Å². The topological polar surface area (TPSA) is 61.4 Å². The summed E-state index contributed by atoms with van der Waals surface area (Å²) < 4.78 is 13.3. The van der Waals surface area contributed by atoms with Gasteiger partial charge in [-0.15, -0.1) is 0 Å². The van der Waals surface area contributed by atoms with Gasteiger partial charge in [-0.3, -0.25) is 0 Å². The summed E-state index contributed by atoms with van der Waals surface area (Å²) in [6, 6.07) is 5.68. The number of rotatable bonds is 6. The Morgan fingerprint density at radius 1 is 1.36 bits per heavy atom. The van der Waals surface area contributed by atoms with Crippen LogP contribution < -0.4 is 10.6 Å². The first-order chi connectivity index (χ1) is 10.6. The van der Waals surface area contributed by atoms with Crippen molar-refractivity contribution in [3.63, 3.8) is 0 Å². The van der Waals surface area contributed by atoms with Gasteiger partial charge in [0.1, 0.15) is 5.82 Å². The van der Waals surface area contributed by atoms with Gasteiger partial charge in [0.2, 0.25) is 0 Å². The van der Waals surface area contributed by atoms with E-state index in [4.69, 9.17) is 11.6 Å². The largest absolute Gasteiger partial charge is 0.387 e. The summed E-state index contributed by atoms with van der Waals surface area (Å²) in [5.41, 5.74) is 1.53. The molecule has 0 fully saturated rings. The van der Waals surface area contributed by atoms with Crippen LogP contribution in [0, 0.1) is 5.82 Å². The quantitative estimate of drug-likeness (QED) is 0.755. The molecule has 0 aliphatic carbocycles. The summed E-state index contributed by atoms with van der Waals surface area (Å²) in [6.45, 7) is 0.500. The number of hydrogen-bond donors (Lipinski definition) is 3. The highest BCUT2D eigenvalue weighted by molar-refractivity contribution is 7.07. The zero-order chi connectivity index (χ0) is 15.9. The van der Waals surface area contributed by atoms with Gasteiger partial charge < -0.3 is 15.7 Å². The van der Waals surface area contributed by atoms with E-state index < -0.39 is 11.9 Å². The van der Waals surface area contributed by atoms with E-state index >= 15 is 0 Å². The lowest BCUT2D eigenvalue weighted by molar-refractivity contribution is 0.173. The molecule has 7 heteroatoms. The average Bonchev–Trinajstić information content (AvgIpc) is 3.01. The Labute approximate surface area is 136 Å². The summed E-state index contributed by atoms with van der Waals surface area (Å²) in [4.78, 5) is 11.6. The van der Waals surface area contributed by atoms with Crippen molar-refractivity contribution in [1.82, 2.24) is 10.6 Å². The van der Waals surface area contributed by atoms with Gasteiger partial charge in [-0.25, -0.2) is 9.18 Å². The number of amides is 2. The van der Waals surface area contributed by atoms with E-state index in [0.29, 0.717) is 12.1 Å². The van der Waals surface area contributed by atoms with E-state index in [1.54, 1.807) is 11.3 Å². The molecule has 0 aliphatic rings. The van der Waals surface area contributed by atoms with E-state index in [1.165, 1.54) is 17.7 Å². The number of nitrogens with one attached hydrogen (secondary N) is 2. The van der Waals surface area contributed by atoms with Crippen LogP contribution in [0.2, 0.25) is 5.02 Å². The Kier molecular flexibility index (Phi) is 6.18. The molecule has 22 heavy (non-hydrogen) atoms. The predicted octanol–water partition coefficient (Wildman–Crippen LogP) is 3.12. The van der Waals surface area contributed by atoms with Crippen molar-refractivity contribution in [2.45, 2.75) is 12.5 Å². The Bertz CT molecular complexity index is 622. The van der Waals surface area contributed by atoms with Gasteiger partial charge in [-0.1, -0.05) is 17.7 Å². The van der Waals surface area contributed by atoms with Crippen LogP contribution in [0.15, 0.2) is 35.0 Å². The molecule has 1 atom stereocenters. The molecule has 0 saturated heterocycles. The first kappa shape index (κ1) is 16.7. The molecule has 2 aromatic rings. The normalized spacial score (nSPS) is 12.0. The molecule has 0 saturated carbocycles. The summed E-state index contributed by atoms with van der Waals surface area (Å²) in [5, 5.41) is 19.2. The van der Waals surface area contributed by atoms with Crippen LogP contribution in [-0.4, -0.2) is 24.2 Å². The van der Waals surface area contributed by atoms with Gasteiger partial charge in [0.25, 0.3) is 0 Å². The smallest absolute Gasteiger partial charge is 0.314 e. The van der Waals surface area contributed by atoms with Crippen LogP contribution in [0.25, 0.3) is 0 Å². The number of urea groups is 1. The number of halogens is 2. The first-order valence-electron chi connectivity index (χ1n) is 6.72. The van der Waals surface area contributed by atoms with Crippen molar-refractivity contribution in [1.29, 1.82) is 0 Å². The zero-order valence-corrected chi connectivity index (χ0v) is 13.3.